The smallest absolute Gasteiger partial charge is 0.128 e. The first-order valence-corrected chi connectivity index (χ1v) is 8.33. The molecular formula is C16H25NO2. The van der Waals surface area contributed by atoms with Crippen LogP contribution in [0.2, 0.25) is 0 Å². The van der Waals surface area contributed by atoms with Crippen molar-refractivity contribution in [3.05, 3.63) is 0 Å². The van der Waals surface area contributed by atoms with Crippen molar-refractivity contribution in [3.63, 3.8) is 0 Å². The van der Waals surface area contributed by atoms with Gasteiger partial charge in [-0.25, -0.2) is 0 Å². The Kier molecular flexibility index (Phi) is 2.15. The van der Waals surface area contributed by atoms with Gasteiger partial charge in [0, 0.05) is 18.5 Å². The van der Waals surface area contributed by atoms with Crippen LogP contribution in [-0.4, -0.2) is 41.5 Å². The van der Waals surface area contributed by atoms with Crippen molar-refractivity contribution in [2.75, 3.05) is 19.7 Å². The van der Waals surface area contributed by atoms with Gasteiger partial charge in [0.25, 0.3) is 0 Å². The number of aliphatic hydroxyl groups excluding tert-OH is 1. The van der Waals surface area contributed by atoms with E-state index in [1.165, 1.54) is 51.6 Å². The number of nitrogens with zero attached hydrogens (tertiary/aromatic N) is 1. The Labute approximate surface area is 115 Å². The summed E-state index contributed by atoms with van der Waals surface area (Å²) in [5.41, 5.74) is 0.325. The SMILES string of the molecule is O[C@H]1CC2C[C@H]3COC4(C3)N3CCC[C@H]1C24CCC3. The third-order valence-corrected chi connectivity index (χ3v) is 7.32. The lowest BCUT2D eigenvalue weighted by molar-refractivity contribution is -0.249. The lowest BCUT2D eigenvalue weighted by atomic mass is 9.54. The van der Waals surface area contributed by atoms with E-state index in [4.69, 9.17) is 4.74 Å². The average Bonchev–Trinajstić information content (AvgIpc) is 2.86. The highest BCUT2D eigenvalue weighted by atomic mass is 16.5. The largest absolute Gasteiger partial charge is 0.393 e. The zero-order valence-electron chi connectivity index (χ0n) is 11.7. The second kappa shape index (κ2) is 3.55. The van der Waals surface area contributed by atoms with Crippen molar-refractivity contribution in [2.24, 2.45) is 23.2 Å². The molecule has 19 heavy (non-hydrogen) atoms. The monoisotopic (exact) mass is 263 g/mol. The van der Waals surface area contributed by atoms with Gasteiger partial charge in [0.15, 0.2) is 0 Å². The zero-order valence-corrected chi connectivity index (χ0v) is 11.7. The molecule has 5 aliphatic rings. The lowest BCUT2D eigenvalue weighted by Gasteiger charge is -2.60. The van der Waals surface area contributed by atoms with Gasteiger partial charge >= 0.3 is 0 Å². The molecular weight excluding hydrogens is 238 g/mol. The van der Waals surface area contributed by atoms with Crippen LogP contribution in [-0.2, 0) is 4.74 Å². The van der Waals surface area contributed by atoms with E-state index in [9.17, 15) is 5.11 Å². The summed E-state index contributed by atoms with van der Waals surface area (Å²) in [7, 11) is 0. The van der Waals surface area contributed by atoms with E-state index < -0.39 is 0 Å². The van der Waals surface area contributed by atoms with Crippen LogP contribution in [0, 0.1) is 23.2 Å². The third-order valence-electron chi connectivity index (χ3n) is 7.32. The minimum atomic E-state index is -0.0529. The lowest BCUT2D eigenvalue weighted by Crippen LogP contribution is -2.66. The first-order valence-electron chi connectivity index (χ1n) is 8.33. The van der Waals surface area contributed by atoms with Crippen LogP contribution < -0.4 is 0 Å². The maximum absolute atomic E-state index is 10.7. The van der Waals surface area contributed by atoms with Crippen molar-refractivity contribution in [1.82, 2.24) is 4.90 Å². The molecule has 0 aromatic carbocycles. The van der Waals surface area contributed by atoms with Gasteiger partial charge in [-0.1, -0.05) is 0 Å². The van der Waals surface area contributed by atoms with Crippen molar-refractivity contribution in [2.45, 2.75) is 56.8 Å². The molecule has 4 unspecified atom stereocenters. The molecule has 3 nitrogen and oxygen atoms in total. The van der Waals surface area contributed by atoms with Crippen molar-refractivity contribution in [3.8, 4) is 0 Å². The zero-order chi connectivity index (χ0) is 12.7. The molecule has 3 saturated heterocycles. The van der Waals surface area contributed by atoms with E-state index in [2.05, 4.69) is 4.90 Å². The quantitative estimate of drug-likeness (QED) is 0.725. The molecule has 3 heterocycles. The summed E-state index contributed by atoms with van der Waals surface area (Å²) in [6, 6.07) is 0. The number of aliphatic hydroxyl groups is 1. The van der Waals surface area contributed by atoms with E-state index in [-0.39, 0.29) is 11.8 Å². The molecule has 0 aromatic rings. The van der Waals surface area contributed by atoms with Crippen LogP contribution in [0.4, 0.5) is 0 Å². The predicted octanol–water partition coefficient (Wildman–Crippen LogP) is 2.00. The Hall–Kier alpha value is -0.120. The molecule has 3 heteroatoms. The fraction of sp³-hybridized carbons (Fsp3) is 1.00. The second-order valence-electron chi connectivity index (χ2n) is 7.78. The molecule has 0 aromatic heterocycles. The predicted molar refractivity (Wildman–Crippen MR) is 71.5 cm³/mol. The fourth-order valence-electron chi connectivity index (χ4n) is 6.96. The normalized spacial score (nSPS) is 62.7. The van der Waals surface area contributed by atoms with E-state index in [1.807, 2.05) is 0 Å². The number of rotatable bonds is 0. The van der Waals surface area contributed by atoms with Gasteiger partial charge in [-0.3, -0.25) is 4.90 Å². The molecule has 5 rings (SSSR count). The number of hydrogen-bond acceptors (Lipinski definition) is 3. The van der Waals surface area contributed by atoms with E-state index in [1.54, 1.807) is 0 Å². The maximum Gasteiger partial charge on any atom is 0.128 e. The summed E-state index contributed by atoms with van der Waals surface area (Å²) in [6.45, 7) is 3.41. The van der Waals surface area contributed by atoms with Crippen LogP contribution in [0.15, 0.2) is 0 Å². The Morgan fingerprint density at radius 2 is 2.05 bits per heavy atom. The summed E-state index contributed by atoms with van der Waals surface area (Å²) in [6.07, 6.45) is 8.69. The highest BCUT2D eigenvalue weighted by Gasteiger charge is 2.73. The van der Waals surface area contributed by atoms with Gasteiger partial charge < -0.3 is 9.84 Å². The third kappa shape index (κ3) is 1.14. The first-order chi connectivity index (χ1) is 9.26. The van der Waals surface area contributed by atoms with Gasteiger partial charge in [0.05, 0.1) is 12.7 Å². The standard InChI is InChI=1S/C16H25NO2/c18-14-8-12-7-11-9-16(19-10-11)15(12)4-2-6-17(16)5-1-3-13(14)15/h11-14,18H,1-10H2/t11-,12?,13-,14+,15?,16?/m1/s1. The molecule has 2 aliphatic carbocycles. The van der Waals surface area contributed by atoms with Crippen LogP contribution in [0.5, 0.6) is 0 Å². The summed E-state index contributed by atoms with van der Waals surface area (Å²) < 4.78 is 6.55. The van der Waals surface area contributed by atoms with E-state index in [0.29, 0.717) is 11.3 Å². The highest BCUT2D eigenvalue weighted by molar-refractivity contribution is 5.19. The molecule has 7 atom stereocenters. The van der Waals surface area contributed by atoms with Gasteiger partial charge in [-0.05, 0) is 62.7 Å². The molecule has 0 radical (unpaired) electrons. The minimum absolute atomic E-state index is 0.0253. The highest BCUT2D eigenvalue weighted by Crippen LogP contribution is 2.70. The summed E-state index contributed by atoms with van der Waals surface area (Å²) in [5, 5.41) is 10.7. The Morgan fingerprint density at radius 1 is 1.16 bits per heavy atom. The molecule has 0 amide bonds. The summed E-state index contributed by atoms with van der Waals surface area (Å²) in [4.78, 5) is 2.70. The van der Waals surface area contributed by atoms with Crippen LogP contribution in [0.25, 0.3) is 0 Å². The summed E-state index contributed by atoms with van der Waals surface area (Å²) in [5.74, 6) is 2.01. The molecule has 106 valence electrons. The van der Waals surface area contributed by atoms with Crippen LogP contribution in [0.1, 0.15) is 44.9 Å². The van der Waals surface area contributed by atoms with E-state index >= 15 is 0 Å². The molecule has 2 saturated carbocycles. The Morgan fingerprint density at radius 3 is 3.00 bits per heavy atom. The van der Waals surface area contributed by atoms with Crippen molar-refractivity contribution in [1.29, 1.82) is 0 Å². The first kappa shape index (κ1) is 11.5. The van der Waals surface area contributed by atoms with Crippen molar-refractivity contribution >= 4 is 0 Å². The molecule has 5 fully saturated rings. The average molecular weight is 263 g/mol. The van der Waals surface area contributed by atoms with Crippen LogP contribution >= 0.6 is 0 Å². The van der Waals surface area contributed by atoms with E-state index in [0.717, 1.165) is 24.9 Å². The number of ether oxygens (including phenoxy) is 1. The van der Waals surface area contributed by atoms with Gasteiger partial charge in [0.2, 0.25) is 0 Å². The Bertz CT molecular complexity index is 414. The topological polar surface area (TPSA) is 32.7 Å². The molecule has 1 N–H and O–H groups in total. The molecule has 4 bridgehead atoms. The Balaban J connectivity index is 1.73. The number of piperidine rings is 1. The maximum atomic E-state index is 10.7. The number of hydrogen-bond donors (Lipinski definition) is 1. The number of fused-ring (bicyclic) bond motifs is 1. The van der Waals surface area contributed by atoms with Gasteiger partial charge in [-0.2, -0.15) is 0 Å². The van der Waals surface area contributed by atoms with Gasteiger partial charge in [-0.15, -0.1) is 0 Å². The second-order valence-corrected chi connectivity index (χ2v) is 7.78. The molecule has 2 spiro atoms. The van der Waals surface area contributed by atoms with Gasteiger partial charge in [0.1, 0.15) is 5.72 Å². The van der Waals surface area contributed by atoms with Crippen LogP contribution in [0.3, 0.4) is 0 Å². The van der Waals surface area contributed by atoms with Crippen molar-refractivity contribution < 1.29 is 9.84 Å². The fourth-order valence-corrected chi connectivity index (χ4v) is 6.96. The summed E-state index contributed by atoms with van der Waals surface area (Å²) >= 11 is 0. The minimum Gasteiger partial charge on any atom is -0.393 e. The molecule has 3 aliphatic heterocycles.